The fourth-order valence-electron chi connectivity index (χ4n) is 2.40. The first-order valence-electron chi connectivity index (χ1n) is 8.48. The maximum atomic E-state index is 11.9. The average Bonchev–Trinajstić information content (AvgIpc) is 2.53. The maximum absolute atomic E-state index is 11.9. The molecule has 0 fully saturated rings. The first kappa shape index (κ1) is 19.2. The summed E-state index contributed by atoms with van der Waals surface area (Å²) in [6.07, 6.45) is 6.12. The molecular weight excluding hydrogens is 292 g/mol. The van der Waals surface area contributed by atoms with Crippen molar-refractivity contribution < 1.29 is 19.1 Å². The summed E-state index contributed by atoms with van der Waals surface area (Å²) in [4.78, 5) is 23.1. The van der Waals surface area contributed by atoms with E-state index >= 15 is 0 Å². The monoisotopic (exact) mass is 320 g/mol. The first-order chi connectivity index (χ1) is 11.1. The molecule has 1 aromatic carbocycles. The summed E-state index contributed by atoms with van der Waals surface area (Å²) >= 11 is 0. The normalized spacial score (nSPS) is 11.7. The molecule has 0 aromatic heterocycles. The van der Waals surface area contributed by atoms with Gasteiger partial charge in [-0.25, -0.2) is 0 Å². The highest BCUT2D eigenvalue weighted by molar-refractivity contribution is 5.71. The Morgan fingerprint density at radius 1 is 1.04 bits per heavy atom. The van der Waals surface area contributed by atoms with Gasteiger partial charge in [0.05, 0.1) is 6.42 Å². The molecule has 0 heterocycles. The minimum absolute atomic E-state index is 0.125. The van der Waals surface area contributed by atoms with Crippen molar-refractivity contribution >= 4 is 11.9 Å². The van der Waals surface area contributed by atoms with Gasteiger partial charge < -0.3 is 9.47 Å². The van der Waals surface area contributed by atoms with Crippen LogP contribution < -0.4 is 0 Å². The van der Waals surface area contributed by atoms with Gasteiger partial charge in [0.15, 0.2) is 0 Å². The molecular formula is C19H28O4. The highest BCUT2D eigenvalue weighted by Gasteiger charge is 2.17. The molecule has 1 aromatic rings. The van der Waals surface area contributed by atoms with E-state index in [4.69, 9.17) is 9.47 Å². The highest BCUT2D eigenvalue weighted by atomic mass is 16.6. The van der Waals surface area contributed by atoms with Crippen LogP contribution in [0, 0.1) is 0 Å². The summed E-state index contributed by atoms with van der Waals surface area (Å²) in [7, 11) is 0. The van der Waals surface area contributed by atoms with Crippen molar-refractivity contribution in [2.24, 2.45) is 0 Å². The molecule has 0 aliphatic carbocycles. The van der Waals surface area contributed by atoms with Crippen LogP contribution >= 0.6 is 0 Å². The van der Waals surface area contributed by atoms with Crippen LogP contribution in [0.1, 0.15) is 64.4 Å². The molecule has 4 nitrogen and oxygen atoms in total. The Bertz CT molecular complexity index is 456. The van der Waals surface area contributed by atoms with Crippen molar-refractivity contribution in [2.75, 3.05) is 0 Å². The van der Waals surface area contributed by atoms with E-state index < -0.39 is 0 Å². The van der Waals surface area contributed by atoms with Crippen LogP contribution in [0.3, 0.4) is 0 Å². The Balaban J connectivity index is 2.33. The number of hydrogen-bond donors (Lipinski definition) is 0. The van der Waals surface area contributed by atoms with E-state index in [1.165, 1.54) is 26.2 Å². The lowest BCUT2D eigenvalue weighted by molar-refractivity contribution is -0.154. The molecule has 1 atom stereocenters. The van der Waals surface area contributed by atoms with Gasteiger partial charge in [-0.1, -0.05) is 62.9 Å². The lowest BCUT2D eigenvalue weighted by atomic mass is 10.1. The molecule has 0 spiro atoms. The number of esters is 2. The summed E-state index contributed by atoms with van der Waals surface area (Å²) in [5.74, 6) is -0.673. The minimum Gasteiger partial charge on any atom is -0.462 e. The summed E-state index contributed by atoms with van der Waals surface area (Å²) in [6, 6.07) is 9.54. The van der Waals surface area contributed by atoms with Crippen molar-refractivity contribution in [1.29, 1.82) is 0 Å². The second-order valence-corrected chi connectivity index (χ2v) is 5.78. The van der Waals surface area contributed by atoms with E-state index in [9.17, 15) is 9.59 Å². The number of carbonyl (C=O) groups is 2. The maximum Gasteiger partial charge on any atom is 0.309 e. The Morgan fingerprint density at radius 2 is 1.74 bits per heavy atom. The number of hydrogen-bond acceptors (Lipinski definition) is 4. The standard InChI is InChI=1S/C19H28O4/c1-3-4-5-6-10-13-18(23-16(2)20)14-19(21)22-15-17-11-8-7-9-12-17/h7-9,11-12,18H,3-6,10,13-15H2,1-2H3/t18-/m0/s1. The third-order valence-electron chi connectivity index (χ3n) is 3.60. The molecule has 0 saturated carbocycles. The Hall–Kier alpha value is -1.84. The zero-order valence-corrected chi connectivity index (χ0v) is 14.3. The van der Waals surface area contributed by atoms with Gasteiger partial charge in [-0.15, -0.1) is 0 Å². The number of carbonyl (C=O) groups excluding carboxylic acids is 2. The third kappa shape index (κ3) is 9.72. The quantitative estimate of drug-likeness (QED) is 0.447. The zero-order chi connectivity index (χ0) is 16.9. The Kier molecular flexibility index (Phi) is 9.76. The largest absolute Gasteiger partial charge is 0.462 e. The third-order valence-corrected chi connectivity index (χ3v) is 3.60. The van der Waals surface area contributed by atoms with Crippen LogP contribution in [0.25, 0.3) is 0 Å². The van der Waals surface area contributed by atoms with Crippen LogP contribution in [-0.2, 0) is 25.7 Å². The fraction of sp³-hybridized carbons (Fsp3) is 0.579. The van der Waals surface area contributed by atoms with E-state index in [2.05, 4.69) is 6.92 Å². The second kappa shape index (κ2) is 11.7. The van der Waals surface area contributed by atoms with E-state index in [1.807, 2.05) is 30.3 Å². The predicted octanol–water partition coefficient (Wildman–Crippen LogP) is 4.41. The molecule has 0 amide bonds. The lowest BCUT2D eigenvalue weighted by Crippen LogP contribution is -2.21. The SMILES string of the molecule is CCCCCCC[C@@H](CC(=O)OCc1ccccc1)OC(C)=O. The van der Waals surface area contributed by atoms with Crippen molar-refractivity contribution in [1.82, 2.24) is 0 Å². The zero-order valence-electron chi connectivity index (χ0n) is 14.3. The van der Waals surface area contributed by atoms with Gasteiger partial charge in [-0.2, -0.15) is 0 Å². The Morgan fingerprint density at radius 3 is 2.39 bits per heavy atom. The summed E-state index contributed by atoms with van der Waals surface area (Å²) in [6.45, 7) is 3.80. The lowest BCUT2D eigenvalue weighted by Gasteiger charge is -2.16. The van der Waals surface area contributed by atoms with Gasteiger partial charge in [-0.05, 0) is 18.4 Å². The van der Waals surface area contributed by atoms with Gasteiger partial charge in [-0.3, -0.25) is 9.59 Å². The molecule has 0 unspecified atom stereocenters. The molecule has 0 aliphatic heterocycles. The van der Waals surface area contributed by atoms with Crippen molar-refractivity contribution in [3.8, 4) is 0 Å². The molecule has 0 N–H and O–H groups in total. The van der Waals surface area contributed by atoms with Crippen molar-refractivity contribution in [2.45, 2.75) is 71.5 Å². The second-order valence-electron chi connectivity index (χ2n) is 5.78. The first-order valence-corrected chi connectivity index (χ1v) is 8.48. The molecule has 23 heavy (non-hydrogen) atoms. The van der Waals surface area contributed by atoms with Gasteiger partial charge >= 0.3 is 11.9 Å². The number of benzene rings is 1. The van der Waals surface area contributed by atoms with E-state index in [0.29, 0.717) is 6.42 Å². The van der Waals surface area contributed by atoms with E-state index in [0.717, 1.165) is 18.4 Å². The van der Waals surface area contributed by atoms with E-state index in [-0.39, 0.29) is 31.1 Å². The topological polar surface area (TPSA) is 52.6 Å². The number of unbranched alkanes of at least 4 members (excludes halogenated alkanes) is 4. The van der Waals surface area contributed by atoms with Crippen LogP contribution in [0.15, 0.2) is 30.3 Å². The van der Waals surface area contributed by atoms with Crippen molar-refractivity contribution in [3.63, 3.8) is 0 Å². The summed E-state index contributed by atoms with van der Waals surface area (Å²) in [5.41, 5.74) is 0.949. The van der Waals surface area contributed by atoms with Crippen molar-refractivity contribution in [3.05, 3.63) is 35.9 Å². The van der Waals surface area contributed by atoms with Gasteiger partial charge in [0.1, 0.15) is 12.7 Å². The minimum atomic E-state index is -0.377. The van der Waals surface area contributed by atoms with Gasteiger partial charge in [0.25, 0.3) is 0 Å². The molecule has 1 rings (SSSR count). The summed E-state index contributed by atoms with van der Waals surface area (Å²) < 4.78 is 10.5. The van der Waals surface area contributed by atoms with Crippen LogP contribution in [-0.4, -0.2) is 18.0 Å². The molecule has 0 saturated heterocycles. The summed E-state index contributed by atoms with van der Waals surface area (Å²) in [5, 5.41) is 0. The Labute approximate surface area is 139 Å². The van der Waals surface area contributed by atoms with E-state index in [1.54, 1.807) is 0 Å². The predicted molar refractivity (Wildman–Crippen MR) is 89.8 cm³/mol. The smallest absolute Gasteiger partial charge is 0.309 e. The fourth-order valence-corrected chi connectivity index (χ4v) is 2.40. The molecule has 0 aliphatic rings. The van der Waals surface area contributed by atoms with Crippen LogP contribution in [0.2, 0.25) is 0 Å². The molecule has 0 radical (unpaired) electrons. The van der Waals surface area contributed by atoms with Gasteiger partial charge in [0.2, 0.25) is 0 Å². The molecule has 0 bridgehead atoms. The van der Waals surface area contributed by atoms with Gasteiger partial charge in [0, 0.05) is 6.92 Å². The molecule has 4 heteroatoms. The number of ether oxygens (including phenoxy) is 2. The molecule has 128 valence electrons. The van der Waals surface area contributed by atoms with Crippen LogP contribution in [0.5, 0.6) is 0 Å². The average molecular weight is 320 g/mol. The number of rotatable bonds is 11. The highest BCUT2D eigenvalue weighted by Crippen LogP contribution is 2.14. The van der Waals surface area contributed by atoms with Crippen LogP contribution in [0.4, 0.5) is 0 Å².